The number of carbonyl (C=O) groups is 1. The molecule has 0 saturated carbocycles. The van der Waals surface area contributed by atoms with Crippen LogP contribution >= 0.6 is 11.6 Å². The second kappa shape index (κ2) is 8.23. The number of nitrogens with zero attached hydrogens (tertiary/aromatic N) is 6. The number of hydrogen-bond acceptors (Lipinski definition) is 6. The first-order chi connectivity index (χ1) is 14.0. The summed E-state index contributed by atoms with van der Waals surface area (Å²) in [7, 11) is 0. The first kappa shape index (κ1) is 22.0. The highest BCUT2D eigenvalue weighted by Crippen LogP contribution is 2.24. The molecule has 0 bridgehead atoms. The molecule has 0 aliphatic carbocycles. The number of benzene rings is 1. The van der Waals surface area contributed by atoms with Crippen molar-refractivity contribution in [3.05, 3.63) is 51.4 Å². The fourth-order valence-electron chi connectivity index (χ4n) is 2.65. The number of aliphatic hydroxyl groups is 1. The van der Waals surface area contributed by atoms with E-state index in [0.717, 1.165) is 4.68 Å². The van der Waals surface area contributed by atoms with Crippen LogP contribution < -0.4 is 11.4 Å². The molecule has 3 aromatic rings. The highest BCUT2D eigenvalue weighted by atomic mass is 35.5. The molecule has 0 saturated heterocycles. The van der Waals surface area contributed by atoms with Crippen molar-refractivity contribution in [1.29, 1.82) is 0 Å². The van der Waals surface area contributed by atoms with Gasteiger partial charge in [-0.15, -0.1) is 5.10 Å². The Morgan fingerprint density at radius 3 is 2.43 bits per heavy atom. The van der Waals surface area contributed by atoms with Gasteiger partial charge < -0.3 is 14.5 Å². The van der Waals surface area contributed by atoms with Gasteiger partial charge in [0, 0.05) is 10.6 Å². The van der Waals surface area contributed by atoms with Crippen molar-refractivity contribution in [2.24, 2.45) is 5.73 Å². The van der Waals surface area contributed by atoms with Crippen LogP contribution in [-0.2, 0) is 13.1 Å². The van der Waals surface area contributed by atoms with E-state index in [1.165, 1.54) is 27.9 Å². The highest BCUT2D eigenvalue weighted by Gasteiger charge is 2.39. The van der Waals surface area contributed by atoms with Crippen molar-refractivity contribution < 1.29 is 23.1 Å². The largest absolute Gasteiger partial charge is 0.416 e. The Labute approximate surface area is 179 Å². The van der Waals surface area contributed by atoms with Crippen LogP contribution in [0.4, 0.5) is 13.2 Å². The molecule has 3 rings (SSSR count). The van der Waals surface area contributed by atoms with Crippen LogP contribution in [-0.4, -0.2) is 67.9 Å². The maximum Gasteiger partial charge on any atom is 0.416 e. The first-order valence-corrected chi connectivity index (χ1v) is 9.62. The van der Waals surface area contributed by atoms with Gasteiger partial charge in [-0.25, -0.2) is 14.5 Å². The van der Waals surface area contributed by atoms with Crippen LogP contribution in [0.2, 0.25) is 5.02 Å². The Bertz CT molecular complexity index is 1140. The van der Waals surface area contributed by atoms with E-state index in [1.54, 1.807) is 0 Å². The number of aromatic nitrogens is 6. The van der Waals surface area contributed by atoms with E-state index in [1.807, 2.05) is 0 Å². The molecule has 1 aromatic carbocycles. The monoisotopic (exact) mass is 459 g/mol. The van der Waals surface area contributed by atoms with Gasteiger partial charge in [0.15, 0.2) is 23.6 Å². The summed E-state index contributed by atoms with van der Waals surface area (Å²) in [4.78, 5) is 28.0. The van der Waals surface area contributed by atoms with Gasteiger partial charge in [0.1, 0.15) is 6.54 Å². The summed E-state index contributed by atoms with van der Waals surface area (Å²) < 4.78 is 41.4. The summed E-state index contributed by atoms with van der Waals surface area (Å²) in [6.07, 6.45) is -7.71. The number of amides is 1. The average molecular weight is 460 g/mol. The Kier molecular flexibility index (Phi) is 6.04. The highest BCUT2D eigenvalue weighted by molar-refractivity contribution is 6.30. The van der Waals surface area contributed by atoms with Crippen molar-refractivity contribution in [2.75, 3.05) is 0 Å². The maximum absolute atomic E-state index is 12.9. The third kappa shape index (κ3) is 4.57. The third-order valence-corrected chi connectivity index (χ3v) is 4.95. The van der Waals surface area contributed by atoms with E-state index in [9.17, 15) is 27.9 Å². The number of alkyl halides is 3. The zero-order valence-electron chi connectivity index (χ0n) is 15.3. The predicted molar refractivity (Wildman–Crippen MR) is 101 cm³/mol. The number of rotatable bonds is 6. The molecular weight excluding hydrogens is 446 g/mol. The van der Waals surface area contributed by atoms with Crippen LogP contribution in [0.25, 0.3) is 11.4 Å². The topological polar surface area (TPSA) is 134 Å². The molecule has 2 aromatic heterocycles. The smallest absolute Gasteiger partial charge is 0.382 e. The number of carbonyl (C=O) groups excluding carboxylic acids is 1. The maximum atomic E-state index is 12.9. The fourth-order valence-corrected chi connectivity index (χ4v) is 3.33. The van der Waals surface area contributed by atoms with Gasteiger partial charge in [0.2, 0.25) is 0 Å². The second-order valence-electron chi connectivity index (χ2n) is 6.28. The van der Waals surface area contributed by atoms with E-state index in [4.69, 9.17) is 17.3 Å². The van der Waals surface area contributed by atoms with Crippen molar-refractivity contribution in [3.63, 3.8) is 0 Å². The van der Waals surface area contributed by atoms with Crippen LogP contribution in [0.1, 0.15) is 16.4 Å². The van der Waals surface area contributed by atoms with E-state index < -0.39 is 30.4 Å². The molecule has 3 N–H and O–H groups in total. The van der Waals surface area contributed by atoms with E-state index in [-0.39, 0.29) is 24.0 Å². The zero-order chi connectivity index (χ0) is 22.2. The van der Waals surface area contributed by atoms with E-state index >= 15 is 0 Å². The van der Waals surface area contributed by atoms with Crippen molar-refractivity contribution >= 4 is 34.0 Å². The number of halogens is 4. The molecule has 0 aliphatic rings. The molecule has 0 aliphatic heterocycles. The summed E-state index contributed by atoms with van der Waals surface area (Å²) in [6, 6.07) is 5.91. The molecule has 0 spiro atoms. The lowest BCUT2D eigenvalue weighted by molar-refractivity contribution is -0.207. The van der Waals surface area contributed by atoms with Gasteiger partial charge in [0.25, 0.3) is 5.91 Å². The van der Waals surface area contributed by atoms with Crippen molar-refractivity contribution in [2.45, 2.75) is 25.4 Å². The minimum Gasteiger partial charge on any atom is -0.382 e. The summed E-state index contributed by atoms with van der Waals surface area (Å²) >= 11 is 6.13. The molecule has 1 unspecified atom stereocenters. The summed E-state index contributed by atoms with van der Waals surface area (Å²) in [5, 5.41) is 17.9. The predicted octanol–water partition coefficient (Wildman–Crippen LogP) is -0.577. The van der Waals surface area contributed by atoms with Gasteiger partial charge in [-0.05, 0) is 24.3 Å². The fraction of sp³-hybridized carbons (Fsp3) is 0.267. The van der Waals surface area contributed by atoms with E-state index in [0.29, 0.717) is 31.7 Å². The van der Waals surface area contributed by atoms with Crippen LogP contribution in [0.3, 0.4) is 0 Å². The summed E-state index contributed by atoms with van der Waals surface area (Å²) in [6.45, 7) is -1.38. The first-order valence-electron chi connectivity index (χ1n) is 8.35. The summed E-state index contributed by atoms with van der Waals surface area (Å²) in [5.41, 5.74) is 4.58. The lowest BCUT2D eigenvalue weighted by atomic mass is 10.2. The van der Waals surface area contributed by atoms with Crippen molar-refractivity contribution in [3.8, 4) is 11.4 Å². The number of nitrogens with two attached hydrogens (primary N) is 1. The second-order valence-corrected chi connectivity index (χ2v) is 7.56. The lowest BCUT2D eigenvalue weighted by Crippen LogP contribution is -2.37. The molecular formula is C15H14AlClF3N7O3. The average Bonchev–Trinajstić information content (AvgIpc) is 3.16. The molecule has 30 heavy (non-hydrogen) atoms. The SMILES string of the molecule is NC(=O)c1nc(Cn2nc(-c3ccc(Cl)cc3)n(CC(O)C(F)(F)F)c2=O)n[n]1[AlH2]. The molecule has 0 fully saturated rings. The zero-order valence-corrected chi connectivity index (χ0v) is 18.1. The Balaban J connectivity index is 2.05. The number of aliphatic hydroxyl groups excluding tert-OH is 1. The van der Waals surface area contributed by atoms with E-state index in [2.05, 4.69) is 15.2 Å². The van der Waals surface area contributed by atoms with Crippen LogP contribution in [0.15, 0.2) is 29.1 Å². The molecule has 158 valence electrons. The molecule has 1 atom stereocenters. The molecule has 10 nitrogen and oxygen atoms in total. The molecule has 1 amide bonds. The van der Waals surface area contributed by atoms with Crippen LogP contribution in [0.5, 0.6) is 0 Å². The number of primary amides is 1. The molecule has 15 heteroatoms. The molecule has 2 heterocycles. The van der Waals surface area contributed by atoms with Gasteiger partial charge in [-0.2, -0.15) is 18.3 Å². The van der Waals surface area contributed by atoms with Crippen LogP contribution in [0, 0.1) is 0 Å². The standard InChI is InChI=1S/C15H13ClF3N7O3.Al.2H/c16-8-3-1-7(2-4-8)13-24-26(6-10-21-12(11(20)28)23-22-10)14(29)25(13)5-9(27)15(17,18)19;;;/h1-4,9,27H,5-6H2,(H3,20,21,22,23,28);;;/q;+1;;/p-1. The Morgan fingerprint density at radius 2 is 1.90 bits per heavy atom. The van der Waals surface area contributed by atoms with Crippen molar-refractivity contribution in [1.82, 2.24) is 28.1 Å². The van der Waals surface area contributed by atoms with Gasteiger partial charge >= 0.3 is 28.4 Å². The van der Waals surface area contributed by atoms with Gasteiger partial charge in [0.05, 0.1) is 6.54 Å². The van der Waals surface area contributed by atoms with Gasteiger partial charge in [-0.3, -0.25) is 9.36 Å². The minimum absolute atomic E-state index is 0.0320. The molecule has 0 radical (unpaired) electrons. The lowest BCUT2D eigenvalue weighted by Gasteiger charge is -2.15. The Hall–Kier alpha value is -2.66. The minimum atomic E-state index is -4.93. The summed E-state index contributed by atoms with van der Waals surface area (Å²) in [5.74, 6) is -0.990. The Morgan fingerprint density at radius 1 is 1.27 bits per heavy atom. The quantitative estimate of drug-likeness (QED) is 0.474. The number of hydrogen-bond donors (Lipinski definition) is 2. The van der Waals surface area contributed by atoms with Gasteiger partial charge in [-0.1, -0.05) is 11.6 Å². The normalized spacial score (nSPS) is 12.8. The third-order valence-electron chi connectivity index (χ3n) is 4.08.